The van der Waals surface area contributed by atoms with Crippen LogP contribution in [0, 0.1) is 13.8 Å². The van der Waals surface area contributed by atoms with Crippen molar-refractivity contribution in [2.75, 3.05) is 13.7 Å². The summed E-state index contributed by atoms with van der Waals surface area (Å²) in [7, 11) is 1.62. The van der Waals surface area contributed by atoms with Crippen LogP contribution in [0.15, 0.2) is 39.5 Å². The lowest BCUT2D eigenvalue weighted by atomic mass is 10.1. The summed E-state index contributed by atoms with van der Waals surface area (Å²) in [5.41, 5.74) is 1.61. The molecule has 0 spiro atoms. The van der Waals surface area contributed by atoms with Crippen molar-refractivity contribution >= 4 is 5.91 Å². The summed E-state index contributed by atoms with van der Waals surface area (Å²) in [5, 5.41) is 2.84. The molecule has 5 nitrogen and oxygen atoms in total. The van der Waals surface area contributed by atoms with Crippen LogP contribution in [0.5, 0.6) is 5.75 Å². The predicted octanol–water partition coefficient (Wildman–Crippen LogP) is 2.24. The first-order valence-electron chi connectivity index (χ1n) is 7.04. The van der Waals surface area contributed by atoms with E-state index in [1.165, 1.54) is 6.07 Å². The second kappa shape index (κ2) is 6.93. The third-order valence-electron chi connectivity index (χ3n) is 3.43. The van der Waals surface area contributed by atoms with E-state index in [9.17, 15) is 9.59 Å². The smallest absolute Gasteiger partial charge is 0.336 e. The van der Waals surface area contributed by atoms with Gasteiger partial charge in [-0.05, 0) is 37.5 Å². The molecule has 1 aromatic heterocycles. The zero-order valence-corrected chi connectivity index (χ0v) is 12.9. The molecule has 0 aliphatic heterocycles. The molecular weight excluding hydrogens is 282 g/mol. The van der Waals surface area contributed by atoms with Gasteiger partial charge in [0.2, 0.25) is 0 Å². The lowest BCUT2D eigenvalue weighted by Gasteiger charge is -2.11. The van der Waals surface area contributed by atoms with E-state index in [0.29, 0.717) is 29.9 Å². The van der Waals surface area contributed by atoms with E-state index in [-0.39, 0.29) is 5.91 Å². The molecule has 0 unspecified atom stereocenters. The van der Waals surface area contributed by atoms with Gasteiger partial charge in [0.05, 0.1) is 12.7 Å². The molecule has 1 N–H and O–H groups in total. The van der Waals surface area contributed by atoms with Crippen molar-refractivity contribution in [3.05, 3.63) is 63.2 Å². The quantitative estimate of drug-likeness (QED) is 0.919. The minimum Gasteiger partial charge on any atom is -0.496 e. The van der Waals surface area contributed by atoms with E-state index in [4.69, 9.17) is 9.15 Å². The maximum Gasteiger partial charge on any atom is 0.336 e. The molecule has 0 radical (unpaired) electrons. The number of ether oxygens (including phenoxy) is 1. The molecule has 1 heterocycles. The molecule has 0 atom stereocenters. The molecule has 0 aliphatic rings. The van der Waals surface area contributed by atoms with Gasteiger partial charge in [-0.2, -0.15) is 0 Å². The van der Waals surface area contributed by atoms with Crippen LogP contribution in [-0.4, -0.2) is 19.6 Å². The van der Waals surface area contributed by atoms with Crippen LogP contribution in [-0.2, 0) is 6.42 Å². The van der Waals surface area contributed by atoms with Crippen molar-refractivity contribution < 1.29 is 13.9 Å². The Morgan fingerprint density at radius 1 is 1.27 bits per heavy atom. The number of nitrogens with one attached hydrogen (secondary N) is 1. The third kappa shape index (κ3) is 3.55. The number of carbonyl (C=O) groups is 1. The SMILES string of the molecule is COc1ccccc1CCNC(=O)c1c(C)cc(=O)oc1C. The zero-order valence-electron chi connectivity index (χ0n) is 12.9. The second-order valence-electron chi connectivity index (χ2n) is 5.00. The Hall–Kier alpha value is -2.56. The normalized spacial score (nSPS) is 10.3. The van der Waals surface area contributed by atoms with Crippen molar-refractivity contribution in [2.45, 2.75) is 20.3 Å². The monoisotopic (exact) mass is 301 g/mol. The van der Waals surface area contributed by atoms with Gasteiger partial charge in [-0.3, -0.25) is 4.79 Å². The highest BCUT2D eigenvalue weighted by Gasteiger charge is 2.14. The molecule has 0 bridgehead atoms. The van der Waals surface area contributed by atoms with Crippen LogP contribution in [0.1, 0.15) is 27.2 Å². The maximum absolute atomic E-state index is 12.2. The summed E-state index contributed by atoms with van der Waals surface area (Å²) in [5.74, 6) is 0.892. The summed E-state index contributed by atoms with van der Waals surface area (Å²) >= 11 is 0. The summed E-state index contributed by atoms with van der Waals surface area (Å²) < 4.78 is 10.3. The fraction of sp³-hybridized carbons (Fsp3) is 0.294. The summed E-state index contributed by atoms with van der Waals surface area (Å²) in [6.07, 6.45) is 0.657. The van der Waals surface area contributed by atoms with E-state index in [2.05, 4.69) is 5.32 Å². The highest BCUT2D eigenvalue weighted by atomic mass is 16.5. The van der Waals surface area contributed by atoms with Crippen molar-refractivity contribution in [1.29, 1.82) is 0 Å². The van der Waals surface area contributed by atoms with Crippen molar-refractivity contribution in [2.24, 2.45) is 0 Å². The van der Waals surface area contributed by atoms with E-state index >= 15 is 0 Å². The Kier molecular flexibility index (Phi) is 4.99. The fourth-order valence-electron chi connectivity index (χ4n) is 2.41. The molecule has 1 amide bonds. The van der Waals surface area contributed by atoms with Gasteiger partial charge in [0.15, 0.2) is 0 Å². The fourth-order valence-corrected chi connectivity index (χ4v) is 2.41. The average Bonchev–Trinajstić information content (AvgIpc) is 2.46. The molecule has 5 heteroatoms. The van der Waals surface area contributed by atoms with Crippen molar-refractivity contribution in [3.8, 4) is 5.75 Å². The first kappa shape index (κ1) is 15.8. The van der Waals surface area contributed by atoms with Gasteiger partial charge in [0.25, 0.3) is 5.91 Å². The zero-order chi connectivity index (χ0) is 16.1. The van der Waals surface area contributed by atoms with Gasteiger partial charge in [-0.15, -0.1) is 0 Å². The first-order valence-corrected chi connectivity index (χ1v) is 7.04. The maximum atomic E-state index is 12.2. The van der Waals surface area contributed by atoms with Gasteiger partial charge in [-0.1, -0.05) is 18.2 Å². The Labute approximate surface area is 128 Å². The number of aryl methyl sites for hydroxylation is 2. The van der Waals surface area contributed by atoms with Crippen LogP contribution in [0.4, 0.5) is 0 Å². The number of hydrogen-bond acceptors (Lipinski definition) is 4. The van der Waals surface area contributed by atoms with E-state index in [1.54, 1.807) is 21.0 Å². The van der Waals surface area contributed by atoms with Crippen LogP contribution >= 0.6 is 0 Å². The second-order valence-corrected chi connectivity index (χ2v) is 5.00. The molecule has 116 valence electrons. The Morgan fingerprint density at radius 2 is 2.00 bits per heavy atom. The molecular formula is C17H19NO4. The minimum absolute atomic E-state index is 0.242. The molecule has 0 fully saturated rings. The average molecular weight is 301 g/mol. The largest absolute Gasteiger partial charge is 0.496 e. The molecule has 2 rings (SSSR count). The van der Waals surface area contributed by atoms with E-state index in [1.807, 2.05) is 24.3 Å². The Balaban J connectivity index is 2.03. The van der Waals surface area contributed by atoms with Gasteiger partial charge in [-0.25, -0.2) is 4.79 Å². The number of carbonyl (C=O) groups excluding carboxylic acids is 1. The lowest BCUT2D eigenvalue weighted by molar-refractivity contribution is 0.0949. The van der Waals surface area contributed by atoms with Gasteiger partial charge < -0.3 is 14.5 Å². The van der Waals surface area contributed by atoms with Crippen molar-refractivity contribution in [3.63, 3.8) is 0 Å². The molecule has 0 aliphatic carbocycles. The Morgan fingerprint density at radius 3 is 2.68 bits per heavy atom. The number of rotatable bonds is 5. The topological polar surface area (TPSA) is 68.5 Å². The van der Waals surface area contributed by atoms with Crippen LogP contribution in [0.25, 0.3) is 0 Å². The standard InChI is InChI=1S/C17H19NO4/c1-11-10-15(19)22-12(2)16(11)17(20)18-9-8-13-6-4-5-7-14(13)21-3/h4-7,10H,8-9H2,1-3H3,(H,18,20). The molecule has 1 aromatic carbocycles. The minimum atomic E-state index is -0.444. The van der Waals surface area contributed by atoms with E-state index in [0.717, 1.165) is 11.3 Å². The highest BCUT2D eigenvalue weighted by Crippen LogP contribution is 2.17. The molecule has 22 heavy (non-hydrogen) atoms. The highest BCUT2D eigenvalue weighted by molar-refractivity contribution is 5.96. The summed E-state index contributed by atoms with van der Waals surface area (Å²) in [6, 6.07) is 9.00. The first-order chi connectivity index (χ1) is 10.5. The number of hydrogen-bond donors (Lipinski definition) is 1. The van der Waals surface area contributed by atoms with E-state index < -0.39 is 5.63 Å². The van der Waals surface area contributed by atoms with Gasteiger partial charge in [0, 0.05) is 12.6 Å². The summed E-state index contributed by atoms with van der Waals surface area (Å²) in [4.78, 5) is 23.5. The molecule has 2 aromatic rings. The van der Waals surface area contributed by atoms with Crippen LogP contribution in [0.2, 0.25) is 0 Å². The molecule has 0 saturated carbocycles. The van der Waals surface area contributed by atoms with Gasteiger partial charge in [0.1, 0.15) is 11.5 Å². The van der Waals surface area contributed by atoms with Gasteiger partial charge >= 0.3 is 5.63 Å². The van der Waals surface area contributed by atoms with Crippen molar-refractivity contribution in [1.82, 2.24) is 5.32 Å². The third-order valence-corrected chi connectivity index (χ3v) is 3.43. The number of methoxy groups -OCH3 is 1. The van der Waals surface area contributed by atoms with Crippen LogP contribution in [0.3, 0.4) is 0 Å². The number of amides is 1. The Bertz CT molecular complexity index is 707. The number of benzene rings is 1. The number of para-hydroxylation sites is 1. The molecule has 0 saturated heterocycles. The van der Waals surface area contributed by atoms with Crippen LogP contribution < -0.4 is 15.7 Å². The predicted molar refractivity (Wildman–Crippen MR) is 83.5 cm³/mol. The summed E-state index contributed by atoms with van der Waals surface area (Å²) in [6.45, 7) is 3.81. The lowest BCUT2D eigenvalue weighted by Crippen LogP contribution is -2.28.